The van der Waals surface area contributed by atoms with E-state index in [0.717, 1.165) is 17.9 Å². The molecule has 0 aliphatic carbocycles. The molecule has 84 valence electrons. The third-order valence-corrected chi connectivity index (χ3v) is 2.37. The lowest BCUT2D eigenvalue weighted by Gasteiger charge is -2.27. The number of alkyl halides is 1. The van der Waals surface area contributed by atoms with Crippen molar-refractivity contribution in [2.75, 3.05) is 18.5 Å². The van der Waals surface area contributed by atoms with Gasteiger partial charge in [0.15, 0.2) is 0 Å². The number of aromatic nitrogens is 1. The van der Waals surface area contributed by atoms with E-state index in [0.29, 0.717) is 5.88 Å². The topological polar surface area (TPSA) is 16.1 Å². The molecule has 0 bridgehead atoms. The average Bonchev–Trinajstić information content (AvgIpc) is 2.15. The van der Waals surface area contributed by atoms with Crippen LogP contribution in [0.2, 0.25) is 0 Å². The summed E-state index contributed by atoms with van der Waals surface area (Å²) in [6.07, 6.45) is 1.83. The molecule has 0 spiro atoms. The average molecular weight is 227 g/mol. The van der Waals surface area contributed by atoms with E-state index < -0.39 is 0 Å². The second-order valence-electron chi connectivity index (χ2n) is 5.07. The second-order valence-corrected chi connectivity index (χ2v) is 5.34. The molecule has 15 heavy (non-hydrogen) atoms. The van der Waals surface area contributed by atoms with E-state index in [1.807, 2.05) is 18.3 Å². The van der Waals surface area contributed by atoms with Crippen molar-refractivity contribution in [3.05, 3.63) is 23.9 Å². The predicted molar refractivity (Wildman–Crippen MR) is 66.5 cm³/mol. The van der Waals surface area contributed by atoms with Crippen LogP contribution in [0.3, 0.4) is 0 Å². The third-order valence-electron chi connectivity index (χ3n) is 2.07. The third kappa shape index (κ3) is 4.08. The van der Waals surface area contributed by atoms with Gasteiger partial charge in [0.05, 0.1) is 0 Å². The van der Waals surface area contributed by atoms with Gasteiger partial charge in [-0.3, -0.25) is 0 Å². The Morgan fingerprint density at radius 3 is 2.40 bits per heavy atom. The van der Waals surface area contributed by atoms with Gasteiger partial charge in [0.1, 0.15) is 5.82 Å². The van der Waals surface area contributed by atoms with Crippen molar-refractivity contribution in [3.8, 4) is 0 Å². The van der Waals surface area contributed by atoms with Crippen molar-refractivity contribution in [3.63, 3.8) is 0 Å². The molecule has 0 N–H and O–H groups in total. The Balaban J connectivity index is 2.70. The van der Waals surface area contributed by atoms with Gasteiger partial charge in [0.2, 0.25) is 0 Å². The van der Waals surface area contributed by atoms with E-state index in [1.165, 1.54) is 0 Å². The molecule has 0 saturated heterocycles. The van der Waals surface area contributed by atoms with Gasteiger partial charge in [-0.1, -0.05) is 26.8 Å². The van der Waals surface area contributed by atoms with E-state index in [4.69, 9.17) is 11.6 Å². The van der Waals surface area contributed by atoms with Crippen LogP contribution in [0.1, 0.15) is 26.3 Å². The van der Waals surface area contributed by atoms with Gasteiger partial charge in [-0.2, -0.15) is 0 Å². The minimum atomic E-state index is 0.279. The summed E-state index contributed by atoms with van der Waals surface area (Å²) in [7, 11) is 2.06. The molecule has 0 unspecified atom stereocenters. The molecule has 2 nitrogen and oxygen atoms in total. The Labute approximate surface area is 97.3 Å². The molecule has 1 aromatic rings. The number of pyridine rings is 1. The summed E-state index contributed by atoms with van der Waals surface area (Å²) in [5.74, 6) is 1.52. The fraction of sp³-hybridized carbons (Fsp3) is 0.583. The van der Waals surface area contributed by atoms with Crippen molar-refractivity contribution in [1.82, 2.24) is 4.98 Å². The molecule has 1 aromatic heterocycles. The van der Waals surface area contributed by atoms with Gasteiger partial charge < -0.3 is 4.90 Å². The number of hydrogen-bond acceptors (Lipinski definition) is 2. The first-order chi connectivity index (χ1) is 6.92. The summed E-state index contributed by atoms with van der Waals surface area (Å²) in [5.41, 5.74) is 1.34. The zero-order chi connectivity index (χ0) is 11.5. The van der Waals surface area contributed by atoms with Crippen LogP contribution in [-0.4, -0.2) is 18.6 Å². The van der Waals surface area contributed by atoms with Gasteiger partial charge in [-0.05, 0) is 17.0 Å². The van der Waals surface area contributed by atoms with Crippen LogP contribution >= 0.6 is 11.6 Å². The zero-order valence-electron chi connectivity index (χ0n) is 9.92. The maximum atomic E-state index is 5.71. The van der Waals surface area contributed by atoms with Crippen LogP contribution in [0.5, 0.6) is 0 Å². The van der Waals surface area contributed by atoms with Crippen molar-refractivity contribution in [2.45, 2.75) is 26.7 Å². The molecule has 1 rings (SSSR count). The Kier molecular flexibility index (Phi) is 3.97. The molecule has 0 fully saturated rings. The summed E-state index contributed by atoms with van der Waals surface area (Å²) >= 11 is 5.71. The SMILES string of the molecule is CN(CC(C)(C)C)c1ccc(CCl)cn1. The van der Waals surface area contributed by atoms with E-state index >= 15 is 0 Å². The molecule has 3 heteroatoms. The molecule has 0 radical (unpaired) electrons. The lowest BCUT2D eigenvalue weighted by Crippen LogP contribution is -2.29. The lowest BCUT2D eigenvalue weighted by atomic mass is 9.96. The summed E-state index contributed by atoms with van der Waals surface area (Å²) < 4.78 is 0. The molecule has 0 aromatic carbocycles. The first-order valence-electron chi connectivity index (χ1n) is 5.14. The molecular weight excluding hydrogens is 208 g/mol. The van der Waals surface area contributed by atoms with Crippen molar-refractivity contribution < 1.29 is 0 Å². The summed E-state index contributed by atoms with van der Waals surface area (Å²) in [5, 5.41) is 0. The van der Waals surface area contributed by atoms with Crippen LogP contribution in [0, 0.1) is 5.41 Å². The van der Waals surface area contributed by atoms with Crippen molar-refractivity contribution >= 4 is 17.4 Å². The molecule has 1 heterocycles. The van der Waals surface area contributed by atoms with Crippen LogP contribution in [-0.2, 0) is 5.88 Å². The van der Waals surface area contributed by atoms with E-state index in [1.54, 1.807) is 0 Å². The fourth-order valence-electron chi connectivity index (χ4n) is 1.51. The highest BCUT2D eigenvalue weighted by molar-refractivity contribution is 6.17. The molecule has 0 amide bonds. The normalized spacial score (nSPS) is 11.5. The van der Waals surface area contributed by atoms with Crippen LogP contribution in [0.4, 0.5) is 5.82 Å². The van der Waals surface area contributed by atoms with Crippen LogP contribution in [0.25, 0.3) is 0 Å². The molecule has 0 aliphatic heterocycles. The standard InChI is InChI=1S/C12H19ClN2/c1-12(2,3)9-15(4)11-6-5-10(7-13)8-14-11/h5-6,8H,7,9H2,1-4H3. The highest BCUT2D eigenvalue weighted by atomic mass is 35.5. The fourth-order valence-corrected chi connectivity index (χ4v) is 1.67. The number of anilines is 1. The maximum absolute atomic E-state index is 5.71. The first-order valence-corrected chi connectivity index (χ1v) is 5.68. The van der Waals surface area contributed by atoms with Gasteiger partial charge >= 0.3 is 0 Å². The Bertz CT molecular complexity index is 300. The zero-order valence-corrected chi connectivity index (χ0v) is 10.7. The van der Waals surface area contributed by atoms with Gasteiger partial charge in [0.25, 0.3) is 0 Å². The largest absolute Gasteiger partial charge is 0.359 e. The number of halogens is 1. The Morgan fingerprint density at radius 1 is 1.33 bits per heavy atom. The molecular formula is C12H19ClN2. The summed E-state index contributed by atoms with van der Waals surface area (Å²) in [6, 6.07) is 4.04. The quantitative estimate of drug-likeness (QED) is 0.736. The smallest absolute Gasteiger partial charge is 0.128 e. The molecule has 0 saturated carbocycles. The molecule has 0 aliphatic rings. The first kappa shape index (κ1) is 12.3. The minimum Gasteiger partial charge on any atom is -0.359 e. The van der Waals surface area contributed by atoms with Crippen LogP contribution < -0.4 is 4.90 Å². The predicted octanol–water partition coefficient (Wildman–Crippen LogP) is 3.30. The van der Waals surface area contributed by atoms with E-state index in [9.17, 15) is 0 Å². The summed E-state index contributed by atoms with van der Waals surface area (Å²) in [6.45, 7) is 7.64. The Hall–Kier alpha value is -0.760. The lowest BCUT2D eigenvalue weighted by molar-refractivity contribution is 0.418. The number of nitrogens with zero attached hydrogens (tertiary/aromatic N) is 2. The molecule has 0 atom stereocenters. The van der Waals surface area contributed by atoms with E-state index in [-0.39, 0.29) is 5.41 Å². The van der Waals surface area contributed by atoms with Gasteiger partial charge in [0, 0.05) is 25.7 Å². The van der Waals surface area contributed by atoms with Gasteiger partial charge in [-0.25, -0.2) is 4.98 Å². The second kappa shape index (κ2) is 4.84. The number of hydrogen-bond donors (Lipinski definition) is 0. The summed E-state index contributed by atoms with van der Waals surface area (Å²) in [4.78, 5) is 6.54. The van der Waals surface area contributed by atoms with Crippen LogP contribution in [0.15, 0.2) is 18.3 Å². The minimum absolute atomic E-state index is 0.279. The van der Waals surface area contributed by atoms with E-state index in [2.05, 4.69) is 37.7 Å². The highest BCUT2D eigenvalue weighted by Gasteiger charge is 2.14. The number of rotatable bonds is 3. The maximum Gasteiger partial charge on any atom is 0.128 e. The van der Waals surface area contributed by atoms with Crippen molar-refractivity contribution in [2.24, 2.45) is 5.41 Å². The monoisotopic (exact) mass is 226 g/mol. The highest BCUT2D eigenvalue weighted by Crippen LogP contribution is 2.18. The Morgan fingerprint density at radius 2 is 2.00 bits per heavy atom. The van der Waals surface area contributed by atoms with Crippen molar-refractivity contribution in [1.29, 1.82) is 0 Å². The van der Waals surface area contributed by atoms with Gasteiger partial charge in [-0.15, -0.1) is 11.6 Å².